The van der Waals surface area contributed by atoms with Gasteiger partial charge in [0.2, 0.25) is 0 Å². The van der Waals surface area contributed by atoms with Crippen LogP contribution in [0.5, 0.6) is 5.75 Å². The van der Waals surface area contributed by atoms with E-state index in [4.69, 9.17) is 72.5 Å². The number of benzene rings is 2. The van der Waals surface area contributed by atoms with Crippen LogP contribution in [0.4, 0.5) is 5.69 Å². The number of nitrogens with one attached hydrogen (secondary N) is 1. The number of piperazine rings is 1. The van der Waals surface area contributed by atoms with E-state index in [0.29, 0.717) is 36.6 Å². The Morgan fingerprint density at radius 1 is 0.600 bits per heavy atom. The lowest BCUT2D eigenvalue weighted by molar-refractivity contribution is -0.306. The van der Waals surface area contributed by atoms with Gasteiger partial charge < -0.3 is 113 Å². The highest BCUT2D eigenvalue weighted by molar-refractivity contribution is 5.83. The molecule has 0 spiro atoms. The number of H-pyrrole nitrogens is 1. The van der Waals surface area contributed by atoms with Crippen LogP contribution < -0.4 is 44.0 Å². The Balaban J connectivity index is 0.664. The fourth-order valence-electron chi connectivity index (χ4n) is 11.5. The smallest absolute Gasteiger partial charge is 0.187 e. The average molecular weight is 1190 g/mol. The van der Waals surface area contributed by atoms with Crippen molar-refractivity contribution in [3.63, 3.8) is 0 Å². The lowest BCUT2D eigenvalue weighted by Crippen LogP contribution is -2.68. The van der Waals surface area contributed by atoms with Crippen molar-refractivity contribution in [1.82, 2.24) is 59.8 Å². The van der Waals surface area contributed by atoms with E-state index in [2.05, 4.69) is 71.0 Å². The van der Waals surface area contributed by atoms with Gasteiger partial charge in [0.05, 0.1) is 59.5 Å². The molecule has 6 aromatic rings. The van der Waals surface area contributed by atoms with Gasteiger partial charge in [-0.3, -0.25) is 0 Å². The number of nitrogens with two attached hydrogens (primary N) is 6. The molecule has 4 saturated heterocycles. The number of anilines is 1. The molecule has 19 N–H and O–H groups in total. The van der Waals surface area contributed by atoms with E-state index in [1.807, 2.05) is 30.5 Å². The van der Waals surface area contributed by atoms with Gasteiger partial charge in [-0.05, 0) is 81.6 Å². The molecular weight excluding hydrogens is 1110 g/mol. The molecule has 1 aliphatic carbocycles. The van der Waals surface area contributed by atoms with E-state index in [9.17, 15) is 30.6 Å². The zero-order valence-electron chi connectivity index (χ0n) is 47.0. The molecule has 0 amide bonds. The molecule has 5 fully saturated rings. The predicted octanol–water partition coefficient (Wildman–Crippen LogP) is -5.47. The molecule has 2 aromatic carbocycles. The van der Waals surface area contributed by atoms with Gasteiger partial charge in [0.1, 0.15) is 97.7 Å². The van der Waals surface area contributed by atoms with Crippen LogP contribution in [0.15, 0.2) is 61.1 Å². The van der Waals surface area contributed by atoms with Crippen LogP contribution in [-0.4, -0.2) is 253 Å². The molecule has 19 atom stereocenters. The summed E-state index contributed by atoms with van der Waals surface area (Å²) in [6.07, 6.45) is -12.1. The second-order valence-corrected chi connectivity index (χ2v) is 22.7. The van der Waals surface area contributed by atoms with E-state index in [1.165, 1.54) is 10.4 Å². The van der Waals surface area contributed by atoms with Crippen molar-refractivity contribution >= 4 is 16.7 Å². The standard InChI is InChI=1S/C53H79N19O13/c1-68-12-14-69(15-13-68)30-8-11-34-35(16-30)61-50(60-34)26-6-9-31(10-7-26)79-24-29-22-72(67-64-29)25-71-21-28(63-66-71)5-3-2-4-27-20-70(65-62-27)23-38-48(84-52-40(59)45(77)43(75)37(19-55)81-52)46(78)53(82-38)85-49-41(73)32(56)17-33(57)47(49)83-51-39(58)44(76)42(74)36(18-54)80-51/h6-11,16,20-22,32-33,36-49,51-53,73-78H,2-5,12-15,17-19,23-25,54-59H2,1H3,(H,60,61)/t32-,33+,36-,37+,38-,39-,40-,41+,42-,43-,44-,45-,46-,47-,48-,49-,51-,52-,53+/m1/s1. The maximum atomic E-state index is 12.0. The number of aryl methyl sites for hydroxylation is 2. The van der Waals surface area contributed by atoms with Gasteiger partial charge in [-0.25, -0.2) is 19.0 Å². The number of nitrogens with zero attached hydrogens (tertiary/aromatic N) is 12. The Hall–Kier alpha value is -5.83. The molecule has 5 aliphatic rings. The van der Waals surface area contributed by atoms with Gasteiger partial charge in [-0.2, -0.15) is 0 Å². The number of hydrogen-bond donors (Lipinski definition) is 13. The van der Waals surface area contributed by atoms with Gasteiger partial charge in [-0.1, -0.05) is 15.6 Å². The summed E-state index contributed by atoms with van der Waals surface area (Å²) >= 11 is 0. The first-order valence-electron chi connectivity index (χ1n) is 28.8. The van der Waals surface area contributed by atoms with Gasteiger partial charge in [-0.15, -0.1) is 15.3 Å². The fraction of sp³-hybridized carbons (Fsp3) is 0.642. The predicted molar refractivity (Wildman–Crippen MR) is 299 cm³/mol. The molecular formula is C53H79N19O13. The number of ether oxygens (including phenoxy) is 7. The summed E-state index contributed by atoms with van der Waals surface area (Å²) < 4.78 is 47.7. The summed E-state index contributed by atoms with van der Waals surface area (Å²) in [5.41, 5.74) is 43.2. The molecule has 1 saturated carbocycles. The average Bonchev–Trinajstić information content (AvgIpc) is 4.55. The second kappa shape index (κ2) is 26.6. The first-order chi connectivity index (χ1) is 41.0. The van der Waals surface area contributed by atoms with Crippen LogP contribution in [0.3, 0.4) is 0 Å². The number of aromatic amines is 1. The van der Waals surface area contributed by atoms with Crippen molar-refractivity contribution in [3.8, 4) is 17.1 Å². The van der Waals surface area contributed by atoms with Crippen LogP contribution >= 0.6 is 0 Å². The normalized spacial score (nSPS) is 33.9. The van der Waals surface area contributed by atoms with Crippen LogP contribution in [0.1, 0.15) is 36.3 Å². The molecule has 11 rings (SSSR count). The number of unbranched alkanes of at least 4 members (excludes halogenated alkanes) is 1. The highest BCUT2D eigenvalue weighted by Gasteiger charge is 2.55. The number of fused-ring (bicyclic) bond motifs is 1. The molecule has 32 heteroatoms. The van der Waals surface area contributed by atoms with Crippen molar-refractivity contribution in [1.29, 1.82) is 0 Å². The Bertz CT molecular complexity index is 3090. The molecule has 0 bridgehead atoms. The third-order valence-electron chi connectivity index (χ3n) is 16.6. The van der Waals surface area contributed by atoms with Crippen molar-refractivity contribution in [3.05, 3.63) is 78.1 Å². The van der Waals surface area contributed by atoms with E-state index in [0.717, 1.165) is 67.1 Å². The Morgan fingerprint density at radius 2 is 1.16 bits per heavy atom. The topological polar surface area (TPSA) is 469 Å². The molecule has 4 aliphatic heterocycles. The largest absolute Gasteiger partial charge is 0.487 e. The zero-order chi connectivity index (χ0) is 59.6. The number of imidazole rings is 1. The molecule has 0 radical (unpaired) electrons. The summed E-state index contributed by atoms with van der Waals surface area (Å²) in [5.74, 6) is 1.48. The summed E-state index contributed by atoms with van der Waals surface area (Å²) in [6.45, 7) is 4.18. The number of aliphatic hydroxyl groups excluding tert-OH is 6. The maximum Gasteiger partial charge on any atom is 0.187 e. The highest BCUT2D eigenvalue weighted by atomic mass is 16.8. The third-order valence-corrected chi connectivity index (χ3v) is 16.6. The molecule has 32 nitrogen and oxygen atoms in total. The molecule has 4 aromatic heterocycles. The molecule has 0 unspecified atom stereocenters. The number of rotatable bonds is 22. The van der Waals surface area contributed by atoms with E-state index < -0.39 is 116 Å². The Labute approximate surface area is 488 Å². The SMILES string of the molecule is CN1CCN(c2ccc3nc(-c4ccc(OCc5cn(Cn6cc(CCCCc7cn(C[C@H]8O[C@@H](O[C@@H]9[C@@H](O)[C@H](N)C[C@H](N)[C@H]9O[C@H]9O[C@H](CN)[C@@H](O)[C@H](O)[C@H]9N)[C@H](O)[C@@H]8O[C@H]8O[C@@H](CN)[C@@H](O)[C@H](O)[C@H]8N)nn7)nn6)nn5)cc4)[nH]c3c2)CC1. The third kappa shape index (κ3) is 13.7. The number of aliphatic hydroxyl groups is 6. The molecule has 85 heavy (non-hydrogen) atoms. The van der Waals surface area contributed by atoms with Gasteiger partial charge in [0.25, 0.3) is 0 Å². The van der Waals surface area contributed by atoms with Gasteiger partial charge >= 0.3 is 0 Å². The van der Waals surface area contributed by atoms with Gasteiger partial charge in [0, 0.05) is 68.8 Å². The van der Waals surface area contributed by atoms with Crippen LogP contribution in [0.2, 0.25) is 0 Å². The van der Waals surface area contributed by atoms with Gasteiger partial charge in [0.15, 0.2) is 18.9 Å². The van der Waals surface area contributed by atoms with Crippen LogP contribution in [0, 0.1) is 0 Å². The number of hydrogen-bond acceptors (Lipinski definition) is 28. The Morgan fingerprint density at radius 3 is 1.80 bits per heavy atom. The molecule has 8 heterocycles. The minimum absolute atomic E-state index is 0.0548. The number of aromatic nitrogens is 11. The zero-order valence-corrected chi connectivity index (χ0v) is 47.0. The lowest BCUT2D eigenvalue weighted by Gasteiger charge is -2.47. The minimum atomic E-state index is -1.63. The van der Waals surface area contributed by atoms with Crippen LogP contribution in [0.25, 0.3) is 22.4 Å². The fourth-order valence-corrected chi connectivity index (χ4v) is 11.5. The summed E-state index contributed by atoms with van der Waals surface area (Å²) in [5, 5.41) is 91.8. The van der Waals surface area contributed by atoms with Crippen molar-refractivity contribution < 1.29 is 63.8 Å². The number of likely N-dealkylation sites (N-methyl/N-ethyl adjacent to an activating group) is 1. The summed E-state index contributed by atoms with van der Waals surface area (Å²) in [7, 11) is 2.15. The first kappa shape index (κ1) is 60.8. The Kier molecular flexibility index (Phi) is 19.1. The van der Waals surface area contributed by atoms with E-state index >= 15 is 0 Å². The maximum absolute atomic E-state index is 12.0. The van der Waals surface area contributed by atoms with Crippen LogP contribution in [-0.2, 0) is 61.1 Å². The van der Waals surface area contributed by atoms with Crippen molar-refractivity contribution in [2.24, 2.45) is 34.4 Å². The monoisotopic (exact) mass is 1190 g/mol. The second-order valence-electron chi connectivity index (χ2n) is 22.7. The van der Waals surface area contributed by atoms with E-state index in [1.54, 1.807) is 21.8 Å². The quantitative estimate of drug-likeness (QED) is 0.0282. The minimum Gasteiger partial charge on any atom is -0.487 e. The van der Waals surface area contributed by atoms with Crippen molar-refractivity contribution in [2.75, 3.05) is 51.2 Å². The molecule has 464 valence electrons. The van der Waals surface area contributed by atoms with E-state index in [-0.39, 0.29) is 32.7 Å². The highest BCUT2D eigenvalue weighted by Crippen LogP contribution is 2.36. The first-order valence-corrected chi connectivity index (χ1v) is 28.8. The van der Waals surface area contributed by atoms with Crippen molar-refractivity contribution in [2.45, 2.75) is 168 Å². The lowest BCUT2D eigenvalue weighted by atomic mass is 9.84. The summed E-state index contributed by atoms with van der Waals surface area (Å²) in [6, 6.07) is 9.82. The summed E-state index contributed by atoms with van der Waals surface area (Å²) in [4.78, 5) is 13.1.